The van der Waals surface area contributed by atoms with Gasteiger partial charge < -0.3 is 9.47 Å². The maximum Gasteiger partial charge on any atom is 0.338 e. The molecule has 0 bridgehead atoms. The Kier molecular flexibility index (Phi) is 5.88. The predicted molar refractivity (Wildman–Crippen MR) is 78.8 cm³/mol. The SMILES string of the molecule is COCCCOC(=O)c1c(C)cc(C)c(S(N)(=O)=O)c1C. The monoisotopic (exact) mass is 315 g/mol. The van der Waals surface area contributed by atoms with Crippen LogP contribution in [0.3, 0.4) is 0 Å². The number of carbonyl (C=O) groups excluding carboxylic acids is 1. The third-order valence-corrected chi connectivity index (χ3v) is 4.31. The summed E-state index contributed by atoms with van der Waals surface area (Å²) >= 11 is 0. The van der Waals surface area contributed by atoms with Crippen molar-refractivity contribution in [1.29, 1.82) is 0 Å². The minimum atomic E-state index is -3.89. The molecule has 0 aliphatic rings. The summed E-state index contributed by atoms with van der Waals surface area (Å²) in [6.45, 7) is 5.64. The van der Waals surface area contributed by atoms with Gasteiger partial charge in [-0.15, -0.1) is 0 Å². The topological polar surface area (TPSA) is 95.7 Å². The van der Waals surface area contributed by atoms with Gasteiger partial charge in [0, 0.05) is 20.1 Å². The van der Waals surface area contributed by atoms with Crippen molar-refractivity contribution in [2.45, 2.75) is 32.1 Å². The number of sulfonamides is 1. The van der Waals surface area contributed by atoms with Gasteiger partial charge in [0.2, 0.25) is 10.0 Å². The fraction of sp³-hybridized carbons (Fsp3) is 0.500. The Bertz CT molecular complexity index is 637. The van der Waals surface area contributed by atoms with E-state index in [9.17, 15) is 13.2 Å². The highest BCUT2D eigenvalue weighted by atomic mass is 32.2. The number of hydrogen-bond donors (Lipinski definition) is 1. The maximum absolute atomic E-state index is 12.1. The first-order valence-electron chi connectivity index (χ1n) is 6.49. The van der Waals surface area contributed by atoms with Crippen LogP contribution in [0.25, 0.3) is 0 Å². The molecule has 0 aromatic heterocycles. The molecule has 0 fully saturated rings. The van der Waals surface area contributed by atoms with Crippen LogP contribution in [0.5, 0.6) is 0 Å². The van der Waals surface area contributed by atoms with E-state index >= 15 is 0 Å². The van der Waals surface area contributed by atoms with Crippen molar-refractivity contribution in [3.8, 4) is 0 Å². The minimum absolute atomic E-state index is 0.0167. The molecule has 0 saturated heterocycles. The Labute approximate surface area is 125 Å². The van der Waals surface area contributed by atoms with Crippen molar-refractivity contribution >= 4 is 16.0 Å². The fourth-order valence-corrected chi connectivity index (χ4v) is 3.40. The van der Waals surface area contributed by atoms with E-state index in [4.69, 9.17) is 14.6 Å². The molecule has 7 heteroatoms. The number of esters is 1. The Balaban J connectivity index is 3.16. The molecule has 0 heterocycles. The fourth-order valence-electron chi connectivity index (χ4n) is 2.36. The van der Waals surface area contributed by atoms with E-state index in [1.807, 2.05) is 0 Å². The van der Waals surface area contributed by atoms with Gasteiger partial charge in [-0.3, -0.25) is 0 Å². The molecule has 1 aromatic rings. The Hall–Kier alpha value is -1.44. The standard InChI is InChI=1S/C14H21NO5S/c1-9-8-10(2)13(21(15,17)18)11(3)12(9)14(16)20-7-5-6-19-4/h8H,5-7H2,1-4H3,(H2,15,17,18). The summed E-state index contributed by atoms with van der Waals surface area (Å²) in [4.78, 5) is 12.1. The summed E-state index contributed by atoms with van der Waals surface area (Å²) in [6, 6.07) is 1.62. The van der Waals surface area contributed by atoms with E-state index in [0.717, 1.165) is 0 Å². The normalized spacial score (nSPS) is 11.5. The predicted octanol–water partition coefficient (Wildman–Crippen LogP) is 1.45. The average molecular weight is 315 g/mol. The Morgan fingerprint density at radius 3 is 2.33 bits per heavy atom. The molecule has 0 aliphatic carbocycles. The van der Waals surface area contributed by atoms with E-state index < -0.39 is 16.0 Å². The van der Waals surface area contributed by atoms with Gasteiger partial charge in [-0.25, -0.2) is 18.4 Å². The molecular formula is C14H21NO5S. The molecule has 0 aliphatic heterocycles. The molecular weight excluding hydrogens is 294 g/mol. The Morgan fingerprint density at radius 1 is 1.19 bits per heavy atom. The number of methoxy groups -OCH3 is 1. The molecule has 1 aromatic carbocycles. The zero-order valence-corrected chi connectivity index (χ0v) is 13.5. The van der Waals surface area contributed by atoms with Gasteiger partial charge in [0.15, 0.2) is 0 Å². The van der Waals surface area contributed by atoms with Crippen LogP contribution >= 0.6 is 0 Å². The summed E-state index contributed by atoms with van der Waals surface area (Å²) in [5.41, 5.74) is 1.76. The molecule has 0 radical (unpaired) electrons. The zero-order chi connectivity index (χ0) is 16.2. The molecule has 0 saturated carbocycles. The Morgan fingerprint density at radius 2 is 1.81 bits per heavy atom. The van der Waals surface area contributed by atoms with Crippen LogP contribution < -0.4 is 5.14 Å². The minimum Gasteiger partial charge on any atom is -0.462 e. The van der Waals surface area contributed by atoms with Crippen molar-refractivity contribution in [3.63, 3.8) is 0 Å². The first-order valence-corrected chi connectivity index (χ1v) is 8.04. The summed E-state index contributed by atoms with van der Waals surface area (Å²) in [6.07, 6.45) is 0.578. The highest BCUT2D eigenvalue weighted by molar-refractivity contribution is 7.89. The first kappa shape index (κ1) is 17.6. The van der Waals surface area contributed by atoms with Gasteiger partial charge in [-0.2, -0.15) is 0 Å². The van der Waals surface area contributed by atoms with Crippen LogP contribution in [0.4, 0.5) is 0 Å². The molecule has 1 rings (SSSR count). The molecule has 2 N–H and O–H groups in total. The van der Waals surface area contributed by atoms with Crippen molar-refractivity contribution in [2.75, 3.05) is 20.3 Å². The second-order valence-electron chi connectivity index (χ2n) is 4.87. The maximum atomic E-state index is 12.1. The quantitative estimate of drug-likeness (QED) is 0.633. The van der Waals surface area contributed by atoms with E-state index in [0.29, 0.717) is 29.7 Å². The largest absolute Gasteiger partial charge is 0.462 e. The number of hydrogen-bond acceptors (Lipinski definition) is 5. The van der Waals surface area contributed by atoms with Crippen LogP contribution in [0.15, 0.2) is 11.0 Å². The first-order chi connectivity index (χ1) is 9.70. The molecule has 118 valence electrons. The lowest BCUT2D eigenvalue weighted by Crippen LogP contribution is -2.19. The summed E-state index contributed by atoms with van der Waals surface area (Å²) in [5.74, 6) is -0.550. The van der Waals surface area contributed by atoms with Crippen molar-refractivity contribution < 1.29 is 22.7 Å². The molecule has 0 spiro atoms. The smallest absolute Gasteiger partial charge is 0.338 e. The van der Waals surface area contributed by atoms with Gasteiger partial charge >= 0.3 is 5.97 Å². The molecule has 0 atom stereocenters. The lowest BCUT2D eigenvalue weighted by atomic mass is 10.00. The zero-order valence-electron chi connectivity index (χ0n) is 12.7. The van der Waals surface area contributed by atoms with Gasteiger partial charge in [0.1, 0.15) is 0 Å². The van der Waals surface area contributed by atoms with Crippen molar-refractivity contribution in [2.24, 2.45) is 5.14 Å². The average Bonchev–Trinajstić information content (AvgIpc) is 2.32. The summed E-state index contributed by atoms with van der Waals surface area (Å²) in [5, 5.41) is 5.22. The lowest BCUT2D eigenvalue weighted by molar-refractivity contribution is 0.0466. The van der Waals surface area contributed by atoms with Crippen molar-refractivity contribution in [1.82, 2.24) is 0 Å². The van der Waals surface area contributed by atoms with Crippen LogP contribution in [0, 0.1) is 20.8 Å². The second-order valence-corrected chi connectivity index (χ2v) is 6.37. The number of carbonyl (C=O) groups is 1. The third kappa shape index (κ3) is 4.26. The van der Waals surface area contributed by atoms with E-state index in [2.05, 4.69) is 0 Å². The number of primary sulfonamides is 1. The van der Waals surface area contributed by atoms with Crippen LogP contribution in [0.2, 0.25) is 0 Å². The van der Waals surface area contributed by atoms with Gasteiger partial charge in [0.25, 0.3) is 0 Å². The second kappa shape index (κ2) is 7.02. The molecule has 0 amide bonds. The van der Waals surface area contributed by atoms with Crippen LogP contribution in [-0.4, -0.2) is 34.7 Å². The van der Waals surface area contributed by atoms with Crippen molar-refractivity contribution in [3.05, 3.63) is 28.3 Å². The van der Waals surface area contributed by atoms with E-state index in [1.54, 1.807) is 33.9 Å². The highest BCUT2D eigenvalue weighted by Crippen LogP contribution is 2.26. The van der Waals surface area contributed by atoms with Gasteiger partial charge in [0.05, 0.1) is 17.1 Å². The number of ether oxygens (including phenoxy) is 2. The van der Waals surface area contributed by atoms with E-state index in [-0.39, 0.29) is 17.1 Å². The lowest BCUT2D eigenvalue weighted by Gasteiger charge is -2.15. The van der Waals surface area contributed by atoms with Crippen LogP contribution in [0.1, 0.15) is 33.5 Å². The van der Waals surface area contributed by atoms with Gasteiger partial charge in [-0.05, 0) is 37.5 Å². The number of nitrogens with two attached hydrogens (primary N) is 1. The number of benzene rings is 1. The highest BCUT2D eigenvalue weighted by Gasteiger charge is 2.23. The number of rotatable bonds is 6. The third-order valence-electron chi connectivity index (χ3n) is 3.12. The molecule has 6 nitrogen and oxygen atoms in total. The molecule has 21 heavy (non-hydrogen) atoms. The van der Waals surface area contributed by atoms with Gasteiger partial charge in [-0.1, -0.05) is 6.07 Å². The van der Waals surface area contributed by atoms with Crippen LogP contribution in [-0.2, 0) is 19.5 Å². The summed E-state index contributed by atoms with van der Waals surface area (Å²) in [7, 11) is -2.33. The number of aryl methyl sites for hydroxylation is 2. The molecule has 0 unspecified atom stereocenters. The van der Waals surface area contributed by atoms with E-state index in [1.165, 1.54) is 0 Å². The summed E-state index contributed by atoms with van der Waals surface area (Å²) < 4.78 is 33.4.